The van der Waals surface area contributed by atoms with Crippen LogP contribution in [0.5, 0.6) is 5.75 Å². The molecule has 0 saturated carbocycles. The van der Waals surface area contributed by atoms with Crippen molar-refractivity contribution in [3.05, 3.63) is 47.5 Å². The summed E-state index contributed by atoms with van der Waals surface area (Å²) in [6.07, 6.45) is 1.47. The van der Waals surface area contributed by atoms with Gasteiger partial charge in [0.05, 0.1) is 18.9 Å². The van der Waals surface area contributed by atoms with Crippen LogP contribution >= 0.6 is 0 Å². The molecule has 0 atom stereocenters. The lowest BCUT2D eigenvalue weighted by Gasteiger charge is -2.11. The van der Waals surface area contributed by atoms with Gasteiger partial charge < -0.3 is 4.74 Å². The lowest BCUT2D eigenvalue weighted by molar-refractivity contribution is 0.102. The number of carbonyl (C=O) groups excluding carboxylic acids is 1. The quantitative estimate of drug-likeness (QED) is 0.796. The van der Waals surface area contributed by atoms with Gasteiger partial charge in [0, 0.05) is 6.04 Å². The van der Waals surface area contributed by atoms with E-state index in [9.17, 15) is 9.18 Å². The standard InChI is InChI=1S/C14H15FN2O2/c1-9(2)17-13(12(19-3)8-16-17)14(18)10-6-4-5-7-11(10)15/h4-9H,1-3H3. The van der Waals surface area contributed by atoms with Gasteiger partial charge in [0.1, 0.15) is 5.82 Å². The Morgan fingerprint density at radius 2 is 2.05 bits per heavy atom. The summed E-state index contributed by atoms with van der Waals surface area (Å²) in [5.74, 6) is -0.630. The fraction of sp³-hybridized carbons (Fsp3) is 0.286. The molecule has 0 aliphatic carbocycles. The number of hydrogen-bond acceptors (Lipinski definition) is 3. The third kappa shape index (κ3) is 2.36. The number of rotatable bonds is 4. The van der Waals surface area contributed by atoms with Crippen LogP contribution < -0.4 is 4.74 Å². The summed E-state index contributed by atoms with van der Waals surface area (Å²) < 4.78 is 20.4. The van der Waals surface area contributed by atoms with Crippen molar-refractivity contribution in [1.29, 1.82) is 0 Å². The van der Waals surface area contributed by atoms with Gasteiger partial charge in [-0.15, -0.1) is 0 Å². The Morgan fingerprint density at radius 1 is 1.37 bits per heavy atom. The third-order valence-corrected chi connectivity index (χ3v) is 2.80. The van der Waals surface area contributed by atoms with Gasteiger partial charge in [-0.1, -0.05) is 12.1 Å². The van der Waals surface area contributed by atoms with Gasteiger partial charge >= 0.3 is 0 Å². The van der Waals surface area contributed by atoms with E-state index in [1.807, 2.05) is 13.8 Å². The molecule has 0 aliphatic heterocycles. The molecule has 100 valence electrons. The molecule has 0 N–H and O–H groups in total. The summed E-state index contributed by atoms with van der Waals surface area (Å²) >= 11 is 0. The Kier molecular flexibility index (Phi) is 3.64. The van der Waals surface area contributed by atoms with Gasteiger partial charge in [0.25, 0.3) is 0 Å². The second kappa shape index (κ2) is 5.22. The molecule has 19 heavy (non-hydrogen) atoms. The van der Waals surface area contributed by atoms with Crippen molar-refractivity contribution in [3.63, 3.8) is 0 Å². The molecule has 0 aliphatic rings. The molecule has 0 unspecified atom stereocenters. The van der Waals surface area contributed by atoms with Gasteiger partial charge in [0.15, 0.2) is 11.4 Å². The number of methoxy groups -OCH3 is 1. The first-order valence-corrected chi connectivity index (χ1v) is 5.97. The summed E-state index contributed by atoms with van der Waals surface area (Å²) in [6, 6.07) is 5.86. The zero-order chi connectivity index (χ0) is 14.0. The van der Waals surface area contributed by atoms with Crippen LogP contribution in [-0.2, 0) is 0 Å². The van der Waals surface area contributed by atoms with Crippen LogP contribution in [0.25, 0.3) is 0 Å². The highest BCUT2D eigenvalue weighted by atomic mass is 19.1. The maximum absolute atomic E-state index is 13.7. The van der Waals surface area contributed by atoms with E-state index in [0.717, 1.165) is 0 Å². The third-order valence-electron chi connectivity index (χ3n) is 2.80. The molecular weight excluding hydrogens is 247 g/mol. The smallest absolute Gasteiger partial charge is 0.217 e. The number of hydrogen-bond donors (Lipinski definition) is 0. The molecule has 5 heteroatoms. The highest BCUT2D eigenvalue weighted by Gasteiger charge is 2.24. The lowest BCUT2D eigenvalue weighted by Crippen LogP contribution is -2.15. The molecule has 0 radical (unpaired) electrons. The number of benzene rings is 1. The summed E-state index contributed by atoms with van der Waals surface area (Å²) in [6.45, 7) is 3.79. The Bertz CT molecular complexity index is 605. The average Bonchev–Trinajstić information content (AvgIpc) is 2.82. The molecule has 0 amide bonds. The summed E-state index contributed by atoms with van der Waals surface area (Å²) in [7, 11) is 1.46. The van der Waals surface area contributed by atoms with E-state index >= 15 is 0 Å². The zero-order valence-corrected chi connectivity index (χ0v) is 11.1. The molecule has 0 fully saturated rings. The number of carbonyl (C=O) groups is 1. The number of nitrogens with zero attached hydrogens (tertiary/aromatic N) is 2. The van der Waals surface area contributed by atoms with Crippen LogP contribution in [0.4, 0.5) is 4.39 Å². The number of halogens is 1. The Hall–Kier alpha value is -2.17. The minimum atomic E-state index is -0.550. The van der Waals surface area contributed by atoms with E-state index in [1.54, 1.807) is 12.1 Å². The molecule has 0 spiro atoms. The van der Waals surface area contributed by atoms with Crippen LogP contribution in [0.2, 0.25) is 0 Å². The van der Waals surface area contributed by atoms with Crippen molar-refractivity contribution in [2.24, 2.45) is 0 Å². The monoisotopic (exact) mass is 262 g/mol. The van der Waals surface area contributed by atoms with Gasteiger partial charge in [-0.05, 0) is 26.0 Å². The van der Waals surface area contributed by atoms with Crippen LogP contribution in [0.15, 0.2) is 30.5 Å². The molecule has 2 aromatic rings. The Labute approximate surface area is 110 Å². The first kappa shape index (κ1) is 13.3. The van der Waals surface area contributed by atoms with Crippen molar-refractivity contribution < 1.29 is 13.9 Å². The average molecular weight is 262 g/mol. The van der Waals surface area contributed by atoms with Crippen LogP contribution in [0, 0.1) is 5.82 Å². The Morgan fingerprint density at radius 3 is 2.63 bits per heavy atom. The van der Waals surface area contributed by atoms with Gasteiger partial charge in [-0.3, -0.25) is 9.48 Å². The fourth-order valence-electron chi connectivity index (χ4n) is 1.88. The highest BCUT2D eigenvalue weighted by molar-refractivity contribution is 6.09. The lowest BCUT2D eigenvalue weighted by atomic mass is 10.1. The topological polar surface area (TPSA) is 44.1 Å². The molecule has 0 bridgehead atoms. The summed E-state index contributed by atoms with van der Waals surface area (Å²) in [5, 5.41) is 4.11. The summed E-state index contributed by atoms with van der Waals surface area (Å²) in [4.78, 5) is 12.5. The SMILES string of the molecule is COc1cnn(C(C)C)c1C(=O)c1ccccc1F. The maximum Gasteiger partial charge on any atom is 0.217 e. The van der Waals surface area contributed by atoms with Crippen LogP contribution in [0.1, 0.15) is 35.9 Å². The van der Waals surface area contributed by atoms with E-state index in [0.29, 0.717) is 5.75 Å². The van der Waals surface area contributed by atoms with Gasteiger partial charge in [0.2, 0.25) is 5.78 Å². The largest absolute Gasteiger partial charge is 0.493 e. The number of ether oxygens (including phenoxy) is 1. The van der Waals surface area contributed by atoms with Crippen molar-refractivity contribution in [3.8, 4) is 5.75 Å². The van der Waals surface area contributed by atoms with E-state index < -0.39 is 11.6 Å². The second-order valence-electron chi connectivity index (χ2n) is 4.41. The molecule has 1 heterocycles. The summed E-state index contributed by atoms with van der Waals surface area (Å²) in [5.41, 5.74) is 0.283. The van der Waals surface area contributed by atoms with Crippen LogP contribution in [0.3, 0.4) is 0 Å². The van der Waals surface area contributed by atoms with Crippen molar-refractivity contribution in [1.82, 2.24) is 9.78 Å². The first-order chi connectivity index (χ1) is 9.06. The van der Waals surface area contributed by atoms with E-state index in [4.69, 9.17) is 4.74 Å². The van der Waals surface area contributed by atoms with Crippen molar-refractivity contribution >= 4 is 5.78 Å². The van der Waals surface area contributed by atoms with Gasteiger partial charge in [-0.25, -0.2) is 4.39 Å². The van der Waals surface area contributed by atoms with E-state index in [2.05, 4.69) is 5.10 Å². The highest BCUT2D eigenvalue weighted by Crippen LogP contribution is 2.24. The minimum absolute atomic E-state index is 0.0169. The van der Waals surface area contributed by atoms with Crippen molar-refractivity contribution in [2.75, 3.05) is 7.11 Å². The van der Waals surface area contributed by atoms with E-state index in [1.165, 1.54) is 30.1 Å². The molecular formula is C14H15FN2O2. The second-order valence-corrected chi connectivity index (χ2v) is 4.41. The van der Waals surface area contributed by atoms with Gasteiger partial charge in [-0.2, -0.15) is 5.10 Å². The number of aromatic nitrogens is 2. The normalized spacial score (nSPS) is 10.8. The van der Waals surface area contributed by atoms with Crippen molar-refractivity contribution in [2.45, 2.75) is 19.9 Å². The molecule has 0 saturated heterocycles. The molecule has 2 rings (SSSR count). The van der Waals surface area contributed by atoms with Crippen LogP contribution in [-0.4, -0.2) is 22.7 Å². The predicted octanol–water partition coefficient (Wildman–Crippen LogP) is 2.84. The first-order valence-electron chi connectivity index (χ1n) is 5.97. The predicted molar refractivity (Wildman–Crippen MR) is 69.0 cm³/mol. The zero-order valence-electron chi connectivity index (χ0n) is 11.1. The Balaban J connectivity index is 2.55. The molecule has 1 aromatic carbocycles. The molecule has 1 aromatic heterocycles. The molecule has 4 nitrogen and oxygen atoms in total. The number of ketones is 1. The van der Waals surface area contributed by atoms with E-state index in [-0.39, 0.29) is 17.3 Å². The fourth-order valence-corrected chi connectivity index (χ4v) is 1.88. The maximum atomic E-state index is 13.7. The minimum Gasteiger partial charge on any atom is -0.493 e.